The Morgan fingerprint density at radius 3 is 2.54 bits per heavy atom. The van der Waals surface area contributed by atoms with Crippen molar-refractivity contribution in [2.45, 2.75) is 26.8 Å². The summed E-state index contributed by atoms with van der Waals surface area (Å²) in [6.45, 7) is 4.25. The van der Waals surface area contributed by atoms with Crippen LogP contribution in [0.3, 0.4) is 0 Å². The standard InChI is InChI=1S/C21H22N4O3/c1-14-12-17(15(2)25(14)11-8-16-6-4-3-5-7-16)18(26)13-28-21(27)19-20(22)24-10-9-23-19/h3-7,9-10,12H,8,11,13H2,1-2H3,(H2,22,24). The van der Waals surface area contributed by atoms with Gasteiger partial charge in [-0.25, -0.2) is 14.8 Å². The molecule has 0 spiro atoms. The van der Waals surface area contributed by atoms with Crippen molar-refractivity contribution in [2.24, 2.45) is 0 Å². The number of nitrogen functional groups attached to an aromatic ring is 1. The van der Waals surface area contributed by atoms with Crippen molar-refractivity contribution in [2.75, 3.05) is 12.3 Å². The molecule has 0 unspecified atom stereocenters. The van der Waals surface area contributed by atoms with E-state index in [1.54, 1.807) is 0 Å². The highest BCUT2D eigenvalue weighted by Gasteiger charge is 2.19. The van der Waals surface area contributed by atoms with Crippen LogP contribution in [0.2, 0.25) is 0 Å². The van der Waals surface area contributed by atoms with Gasteiger partial charge >= 0.3 is 5.97 Å². The number of aryl methyl sites for hydroxylation is 2. The van der Waals surface area contributed by atoms with Crippen molar-refractivity contribution in [3.63, 3.8) is 0 Å². The number of benzene rings is 1. The van der Waals surface area contributed by atoms with Crippen molar-refractivity contribution in [3.8, 4) is 0 Å². The second-order valence-corrected chi connectivity index (χ2v) is 6.46. The van der Waals surface area contributed by atoms with Crippen LogP contribution in [0.4, 0.5) is 5.82 Å². The first-order chi connectivity index (χ1) is 13.5. The Bertz CT molecular complexity index is 996. The van der Waals surface area contributed by atoms with Gasteiger partial charge in [0.25, 0.3) is 0 Å². The first-order valence-corrected chi connectivity index (χ1v) is 8.95. The van der Waals surface area contributed by atoms with Crippen LogP contribution < -0.4 is 5.73 Å². The van der Waals surface area contributed by atoms with Gasteiger partial charge in [-0.1, -0.05) is 30.3 Å². The first-order valence-electron chi connectivity index (χ1n) is 8.95. The Kier molecular flexibility index (Phi) is 5.84. The number of rotatable bonds is 7. The van der Waals surface area contributed by atoms with Crippen LogP contribution in [0.1, 0.15) is 37.8 Å². The molecule has 3 rings (SSSR count). The van der Waals surface area contributed by atoms with E-state index in [0.29, 0.717) is 5.56 Å². The summed E-state index contributed by atoms with van der Waals surface area (Å²) >= 11 is 0. The smallest absolute Gasteiger partial charge is 0.361 e. The van der Waals surface area contributed by atoms with Crippen LogP contribution in [0, 0.1) is 13.8 Å². The van der Waals surface area contributed by atoms with Gasteiger partial charge in [0.05, 0.1) is 0 Å². The minimum Gasteiger partial charge on any atom is -0.452 e. The molecule has 2 aromatic heterocycles. The largest absolute Gasteiger partial charge is 0.452 e. The topological polar surface area (TPSA) is 100 Å². The fourth-order valence-electron chi connectivity index (χ4n) is 3.10. The summed E-state index contributed by atoms with van der Waals surface area (Å²) in [5, 5.41) is 0. The number of anilines is 1. The first kappa shape index (κ1) is 19.3. The van der Waals surface area contributed by atoms with E-state index in [9.17, 15) is 9.59 Å². The van der Waals surface area contributed by atoms with Gasteiger partial charge in [0.1, 0.15) is 0 Å². The normalized spacial score (nSPS) is 10.6. The van der Waals surface area contributed by atoms with Crippen LogP contribution in [0.25, 0.3) is 0 Å². The van der Waals surface area contributed by atoms with Gasteiger partial charge in [-0.3, -0.25) is 4.79 Å². The average Bonchev–Trinajstić information content (AvgIpc) is 2.99. The third kappa shape index (κ3) is 4.25. The molecular formula is C21H22N4O3. The number of carbonyl (C=O) groups excluding carboxylic acids is 2. The maximum atomic E-state index is 12.6. The molecule has 2 heterocycles. The molecule has 0 aliphatic carbocycles. The van der Waals surface area contributed by atoms with E-state index >= 15 is 0 Å². The minimum absolute atomic E-state index is 0.0287. The van der Waals surface area contributed by atoms with Gasteiger partial charge in [0, 0.05) is 35.9 Å². The quantitative estimate of drug-likeness (QED) is 0.501. The number of nitrogens with two attached hydrogens (primary N) is 1. The summed E-state index contributed by atoms with van der Waals surface area (Å²) < 4.78 is 7.18. The number of esters is 1. The number of ether oxygens (including phenoxy) is 1. The molecule has 0 fully saturated rings. The summed E-state index contributed by atoms with van der Waals surface area (Å²) in [7, 11) is 0. The maximum absolute atomic E-state index is 12.6. The molecule has 3 aromatic rings. The van der Waals surface area contributed by atoms with E-state index in [2.05, 4.69) is 26.7 Å². The fourth-order valence-corrected chi connectivity index (χ4v) is 3.10. The molecule has 28 heavy (non-hydrogen) atoms. The van der Waals surface area contributed by atoms with E-state index in [4.69, 9.17) is 10.5 Å². The molecular weight excluding hydrogens is 356 g/mol. The van der Waals surface area contributed by atoms with E-state index in [0.717, 1.165) is 24.4 Å². The highest BCUT2D eigenvalue weighted by atomic mass is 16.5. The lowest BCUT2D eigenvalue weighted by Crippen LogP contribution is -2.17. The minimum atomic E-state index is -0.767. The lowest BCUT2D eigenvalue weighted by atomic mass is 10.1. The van der Waals surface area contributed by atoms with Crippen molar-refractivity contribution in [1.29, 1.82) is 0 Å². The van der Waals surface area contributed by atoms with Crippen molar-refractivity contribution < 1.29 is 14.3 Å². The zero-order valence-corrected chi connectivity index (χ0v) is 15.9. The third-order valence-electron chi connectivity index (χ3n) is 4.60. The van der Waals surface area contributed by atoms with E-state index in [1.165, 1.54) is 18.0 Å². The number of aromatic nitrogens is 3. The lowest BCUT2D eigenvalue weighted by molar-refractivity contribution is 0.0469. The average molecular weight is 378 g/mol. The number of ketones is 1. The molecule has 7 nitrogen and oxygen atoms in total. The SMILES string of the molecule is Cc1cc(C(=O)COC(=O)c2nccnc2N)c(C)n1CCc1ccccc1. The highest BCUT2D eigenvalue weighted by molar-refractivity contribution is 6.00. The van der Waals surface area contributed by atoms with Gasteiger partial charge < -0.3 is 15.0 Å². The van der Waals surface area contributed by atoms with Crippen LogP contribution >= 0.6 is 0 Å². The number of hydrogen-bond donors (Lipinski definition) is 1. The monoisotopic (exact) mass is 378 g/mol. The molecule has 0 aliphatic rings. The predicted octanol–water partition coefficient (Wildman–Crippen LogP) is 2.76. The van der Waals surface area contributed by atoms with Crippen molar-refractivity contribution >= 4 is 17.6 Å². The lowest BCUT2D eigenvalue weighted by Gasteiger charge is -2.10. The molecule has 0 saturated carbocycles. The van der Waals surface area contributed by atoms with Gasteiger partial charge in [0.2, 0.25) is 5.78 Å². The number of Topliss-reactive ketones (excluding diaryl/α,β-unsaturated/α-hetero) is 1. The Hall–Kier alpha value is -3.48. The van der Waals surface area contributed by atoms with Crippen LogP contribution in [0.15, 0.2) is 48.8 Å². The Morgan fingerprint density at radius 1 is 1.11 bits per heavy atom. The van der Waals surface area contributed by atoms with Gasteiger partial charge in [-0.05, 0) is 31.9 Å². The molecule has 0 aliphatic heterocycles. The van der Waals surface area contributed by atoms with Gasteiger partial charge in [0.15, 0.2) is 18.1 Å². The summed E-state index contributed by atoms with van der Waals surface area (Å²) in [6.07, 6.45) is 3.59. The Labute approximate surface area is 163 Å². The number of nitrogens with zero attached hydrogens (tertiary/aromatic N) is 3. The molecule has 2 N–H and O–H groups in total. The predicted molar refractivity (Wildman–Crippen MR) is 105 cm³/mol. The molecule has 1 aromatic carbocycles. The third-order valence-corrected chi connectivity index (χ3v) is 4.60. The molecule has 0 amide bonds. The van der Waals surface area contributed by atoms with Crippen molar-refractivity contribution in [3.05, 3.63) is 77.0 Å². The zero-order valence-electron chi connectivity index (χ0n) is 15.9. The Morgan fingerprint density at radius 2 is 1.82 bits per heavy atom. The maximum Gasteiger partial charge on any atom is 0.361 e. The van der Waals surface area contributed by atoms with E-state index in [-0.39, 0.29) is 23.9 Å². The van der Waals surface area contributed by atoms with Crippen molar-refractivity contribution in [1.82, 2.24) is 14.5 Å². The summed E-state index contributed by atoms with van der Waals surface area (Å²) in [5.41, 5.74) is 9.13. The molecule has 7 heteroatoms. The summed E-state index contributed by atoms with van der Waals surface area (Å²) in [5.74, 6) is -1.06. The molecule has 0 saturated heterocycles. The summed E-state index contributed by atoms with van der Waals surface area (Å²) in [6, 6.07) is 12.0. The van der Waals surface area contributed by atoms with Gasteiger partial charge in [-0.2, -0.15) is 0 Å². The second kappa shape index (κ2) is 8.47. The van der Waals surface area contributed by atoms with Crippen LogP contribution in [0.5, 0.6) is 0 Å². The molecule has 0 radical (unpaired) electrons. The van der Waals surface area contributed by atoms with Crippen LogP contribution in [-0.4, -0.2) is 32.9 Å². The number of carbonyl (C=O) groups is 2. The number of hydrogen-bond acceptors (Lipinski definition) is 6. The molecule has 0 atom stereocenters. The van der Waals surface area contributed by atoms with E-state index < -0.39 is 5.97 Å². The molecule has 144 valence electrons. The molecule has 0 bridgehead atoms. The zero-order chi connectivity index (χ0) is 20.1. The van der Waals surface area contributed by atoms with Crippen LogP contribution in [-0.2, 0) is 17.7 Å². The fraction of sp³-hybridized carbons (Fsp3) is 0.238. The van der Waals surface area contributed by atoms with Gasteiger partial charge in [-0.15, -0.1) is 0 Å². The second-order valence-electron chi connectivity index (χ2n) is 6.46. The van der Waals surface area contributed by atoms with E-state index in [1.807, 2.05) is 38.1 Å². The highest BCUT2D eigenvalue weighted by Crippen LogP contribution is 2.17. The Balaban J connectivity index is 1.65. The summed E-state index contributed by atoms with van der Waals surface area (Å²) in [4.78, 5) is 32.3.